The Hall–Kier alpha value is -0.800. The van der Waals surface area contributed by atoms with Gasteiger partial charge in [0.2, 0.25) is 17.7 Å². The fourth-order valence-corrected chi connectivity index (χ4v) is 10.1. The molecule has 3 N–H and O–H groups in total. The molecule has 0 aromatic heterocycles. The van der Waals surface area contributed by atoms with Crippen LogP contribution in [0.5, 0.6) is 0 Å². The molecule has 0 aromatic carbocycles. The second-order valence-electron chi connectivity index (χ2n) is 10.5. The van der Waals surface area contributed by atoms with Gasteiger partial charge in [0.1, 0.15) is 6.04 Å². The number of likely N-dealkylation sites (tertiary alicyclic amines) is 1. The molecule has 0 aromatic rings. The van der Waals surface area contributed by atoms with Crippen molar-refractivity contribution in [2.24, 2.45) is 17.8 Å². The number of thioether (sulfide) groups is 1. The Morgan fingerprint density at radius 3 is 2.55 bits per heavy atom. The maximum atomic E-state index is 14.0. The summed E-state index contributed by atoms with van der Waals surface area (Å²) in [6.07, 6.45) is 6.85. The normalized spacial score (nSPS) is 36.8. The third-order valence-electron chi connectivity index (χ3n) is 8.09. The summed E-state index contributed by atoms with van der Waals surface area (Å²) >= 11 is 5.45. The zero-order valence-corrected chi connectivity index (χ0v) is 22.3. The number of aliphatic hydroxyl groups excluding tert-OH is 1. The Morgan fingerprint density at radius 2 is 1.94 bits per heavy atom. The molecule has 3 saturated heterocycles. The van der Waals surface area contributed by atoms with Crippen molar-refractivity contribution in [2.45, 2.75) is 98.7 Å². The molecule has 1 spiro atoms. The number of aliphatic hydroxyl groups is 1. The number of hydrogen-bond donors (Lipinski definition) is 3. The first-order valence-corrected chi connectivity index (χ1v) is 14.4. The summed E-state index contributed by atoms with van der Waals surface area (Å²) in [6, 6.07) is -0.986. The summed E-state index contributed by atoms with van der Waals surface area (Å²) in [5, 5.41) is 16.5. The van der Waals surface area contributed by atoms with E-state index in [1.807, 2.05) is 20.8 Å². The highest BCUT2D eigenvalue weighted by molar-refractivity contribution is 9.09. The highest BCUT2D eigenvalue weighted by Crippen LogP contribution is 2.68. The Labute approximate surface area is 209 Å². The van der Waals surface area contributed by atoms with Crippen LogP contribution in [0.15, 0.2) is 0 Å². The maximum absolute atomic E-state index is 14.0. The standard InChI is InChI=1S/C24H38BrN3O4S/c1-4-10-26-21(30)17-18-23(32)28(16(12-29)13(2)3)20(24(18)11-15(25)19(17)33-24)22(31)27-14-8-6-5-7-9-14/h13-20,29H,4-12H2,1-3H3,(H,26,30)(H,27,31)/t15?,16-,17+,18-,19+,20?,24?/m0/s1. The quantitative estimate of drug-likeness (QED) is 0.408. The summed E-state index contributed by atoms with van der Waals surface area (Å²) < 4.78 is -0.648. The first-order chi connectivity index (χ1) is 15.8. The lowest BCUT2D eigenvalue weighted by Gasteiger charge is -2.39. The number of amides is 3. The minimum absolute atomic E-state index is 0.00603. The molecule has 3 aliphatic heterocycles. The van der Waals surface area contributed by atoms with Crippen molar-refractivity contribution in [3.05, 3.63) is 0 Å². The second-order valence-corrected chi connectivity index (χ2v) is 13.3. The number of carbonyl (C=O) groups excluding carboxylic acids is 3. The summed E-state index contributed by atoms with van der Waals surface area (Å²) in [7, 11) is 0. The van der Waals surface area contributed by atoms with Crippen molar-refractivity contribution in [3.8, 4) is 0 Å². The van der Waals surface area contributed by atoms with Gasteiger partial charge in [-0.15, -0.1) is 11.8 Å². The molecule has 33 heavy (non-hydrogen) atoms. The van der Waals surface area contributed by atoms with Crippen LogP contribution in [0.3, 0.4) is 0 Å². The van der Waals surface area contributed by atoms with Crippen LogP contribution in [0.25, 0.3) is 0 Å². The van der Waals surface area contributed by atoms with E-state index in [1.54, 1.807) is 16.7 Å². The lowest BCUT2D eigenvalue weighted by Crippen LogP contribution is -2.59. The molecule has 2 bridgehead atoms. The lowest BCUT2D eigenvalue weighted by molar-refractivity contribution is -0.143. The Kier molecular flexibility index (Phi) is 7.71. The minimum atomic E-state index is -0.671. The van der Waals surface area contributed by atoms with Gasteiger partial charge in [-0.25, -0.2) is 0 Å². The van der Waals surface area contributed by atoms with Gasteiger partial charge in [0.15, 0.2) is 0 Å². The van der Waals surface area contributed by atoms with Crippen LogP contribution in [0.4, 0.5) is 0 Å². The fourth-order valence-electron chi connectivity index (χ4n) is 6.54. The molecule has 9 heteroatoms. The summed E-state index contributed by atoms with van der Waals surface area (Å²) in [4.78, 5) is 42.9. The van der Waals surface area contributed by atoms with Crippen LogP contribution in [-0.2, 0) is 14.4 Å². The van der Waals surface area contributed by atoms with E-state index in [0.717, 1.165) is 32.1 Å². The Morgan fingerprint density at radius 1 is 1.24 bits per heavy atom. The first kappa shape index (κ1) is 25.3. The predicted molar refractivity (Wildman–Crippen MR) is 133 cm³/mol. The van der Waals surface area contributed by atoms with Gasteiger partial charge in [0.05, 0.1) is 29.2 Å². The van der Waals surface area contributed by atoms with E-state index in [0.29, 0.717) is 13.0 Å². The van der Waals surface area contributed by atoms with Gasteiger partial charge >= 0.3 is 0 Å². The number of carbonyl (C=O) groups is 3. The van der Waals surface area contributed by atoms with Gasteiger partial charge in [-0.2, -0.15) is 0 Å². The molecule has 186 valence electrons. The van der Waals surface area contributed by atoms with Gasteiger partial charge in [-0.05, 0) is 31.6 Å². The average Bonchev–Trinajstić information content (AvgIpc) is 3.37. The molecule has 3 heterocycles. The topological polar surface area (TPSA) is 98.7 Å². The van der Waals surface area contributed by atoms with E-state index in [1.165, 1.54) is 6.42 Å². The molecule has 1 saturated carbocycles. The molecular weight excluding hydrogens is 506 g/mol. The number of alkyl halides is 1. The number of nitrogens with zero attached hydrogens (tertiary/aromatic N) is 1. The lowest BCUT2D eigenvalue weighted by atomic mass is 9.70. The monoisotopic (exact) mass is 543 g/mol. The summed E-state index contributed by atoms with van der Waals surface area (Å²) in [5.74, 6) is -1.34. The van der Waals surface area contributed by atoms with E-state index in [2.05, 4.69) is 26.6 Å². The Balaban J connectivity index is 1.71. The van der Waals surface area contributed by atoms with Crippen LogP contribution < -0.4 is 10.6 Å². The summed E-state index contributed by atoms with van der Waals surface area (Å²) in [5.41, 5.74) is 0. The minimum Gasteiger partial charge on any atom is -0.394 e. The molecule has 0 radical (unpaired) electrons. The van der Waals surface area contributed by atoms with Crippen LogP contribution in [0.1, 0.15) is 65.7 Å². The van der Waals surface area contributed by atoms with Gasteiger partial charge in [0, 0.05) is 22.7 Å². The van der Waals surface area contributed by atoms with Gasteiger partial charge in [-0.1, -0.05) is 56.0 Å². The van der Waals surface area contributed by atoms with Crippen molar-refractivity contribution < 1.29 is 19.5 Å². The first-order valence-electron chi connectivity index (χ1n) is 12.6. The van der Waals surface area contributed by atoms with E-state index < -0.39 is 28.7 Å². The van der Waals surface area contributed by atoms with E-state index in [9.17, 15) is 19.5 Å². The molecular formula is C24H38BrN3O4S. The van der Waals surface area contributed by atoms with Crippen LogP contribution >= 0.6 is 27.7 Å². The van der Waals surface area contributed by atoms with Crippen molar-refractivity contribution >= 4 is 45.4 Å². The Bertz CT molecular complexity index is 777. The molecule has 3 unspecified atom stereocenters. The van der Waals surface area contributed by atoms with E-state index >= 15 is 0 Å². The molecule has 4 rings (SSSR count). The van der Waals surface area contributed by atoms with Gasteiger partial charge < -0.3 is 20.6 Å². The molecule has 1 aliphatic carbocycles. The van der Waals surface area contributed by atoms with Crippen LogP contribution in [0, 0.1) is 17.8 Å². The molecule has 3 amide bonds. The van der Waals surface area contributed by atoms with Gasteiger partial charge in [0.25, 0.3) is 0 Å². The highest BCUT2D eigenvalue weighted by Gasteiger charge is 2.76. The SMILES string of the molecule is CCCNC(=O)[C@H]1[C@@H]2SC3(CC2Br)C(C(=O)NC2CCCCC2)N([C@@H](CO)C(C)C)C(=O)[C@H]13. The van der Waals surface area contributed by atoms with Gasteiger partial charge in [-0.3, -0.25) is 14.4 Å². The zero-order valence-electron chi connectivity index (χ0n) is 19.9. The van der Waals surface area contributed by atoms with E-state index in [-0.39, 0.29) is 46.4 Å². The number of nitrogens with one attached hydrogen (secondary N) is 2. The summed E-state index contributed by atoms with van der Waals surface area (Å²) in [6.45, 7) is 6.33. The van der Waals surface area contributed by atoms with Crippen molar-refractivity contribution in [3.63, 3.8) is 0 Å². The average molecular weight is 545 g/mol. The number of rotatable bonds is 8. The number of fused-ring (bicyclic) bond motifs is 1. The number of hydrogen-bond acceptors (Lipinski definition) is 5. The third kappa shape index (κ3) is 4.24. The molecule has 4 fully saturated rings. The molecule has 7 atom stereocenters. The predicted octanol–water partition coefficient (Wildman–Crippen LogP) is 2.44. The zero-order chi connectivity index (χ0) is 23.9. The largest absolute Gasteiger partial charge is 0.394 e. The maximum Gasteiger partial charge on any atom is 0.244 e. The molecule has 7 nitrogen and oxygen atoms in total. The van der Waals surface area contributed by atoms with Crippen molar-refractivity contribution in [1.82, 2.24) is 15.5 Å². The second kappa shape index (κ2) is 10.1. The van der Waals surface area contributed by atoms with Crippen LogP contribution in [0.2, 0.25) is 0 Å². The van der Waals surface area contributed by atoms with Crippen molar-refractivity contribution in [2.75, 3.05) is 13.2 Å². The molecule has 4 aliphatic rings. The van der Waals surface area contributed by atoms with Crippen LogP contribution in [-0.4, -0.2) is 73.8 Å². The highest BCUT2D eigenvalue weighted by atomic mass is 79.9. The van der Waals surface area contributed by atoms with Crippen molar-refractivity contribution in [1.29, 1.82) is 0 Å². The third-order valence-corrected chi connectivity index (χ3v) is 11.3. The fraction of sp³-hybridized carbons (Fsp3) is 0.875. The van der Waals surface area contributed by atoms with E-state index in [4.69, 9.17) is 0 Å². The number of halogens is 1. The smallest absolute Gasteiger partial charge is 0.244 e.